The minimum Gasteiger partial charge on any atom is -0.441 e. The zero-order chi connectivity index (χ0) is 21.4. The lowest BCUT2D eigenvalue weighted by Gasteiger charge is -2.25. The van der Waals surface area contributed by atoms with Crippen LogP contribution < -0.4 is 10.5 Å². The van der Waals surface area contributed by atoms with Crippen molar-refractivity contribution >= 4 is 23.4 Å². The lowest BCUT2D eigenvalue weighted by molar-refractivity contribution is 0.119. The minimum atomic E-state index is -0.853. The molecule has 0 spiro atoms. The van der Waals surface area contributed by atoms with E-state index in [4.69, 9.17) is 16.3 Å². The summed E-state index contributed by atoms with van der Waals surface area (Å²) < 4.78 is 34.9. The summed E-state index contributed by atoms with van der Waals surface area (Å²) >= 11 is 5.95. The predicted molar refractivity (Wildman–Crippen MR) is 109 cm³/mol. The molecule has 1 amide bonds. The Morgan fingerprint density at radius 1 is 1.00 bits per heavy atom. The van der Waals surface area contributed by atoms with Crippen LogP contribution in [0.4, 0.5) is 19.3 Å². The van der Waals surface area contributed by atoms with Crippen molar-refractivity contribution in [2.75, 3.05) is 4.90 Å². The number of anilines is 1. The molecule has 0 N–H and O–H groups in total. The first-order valence-electron chi connectivity index (χ1n) is 9.20. The molecule has 4 rings (SSSR count). The normalized spacial score (nSPS) is 18.5. The summed E-state index contributed by atoms with van der Waals surface area (Å²) in [6.45, 7) is 1.86. The van der Waals surface area contributed by atoms with Gasteiger partial charge in [0.1, 0.15) is 23.8 Å². The van der Waals surface area contributed by atoms with Crippen molar-refractivity contribution in [3.05, 3.63) is 98.9 Å². The molecule has 1 aromatic heterocycles. The Morgan fingerprint density at radius 3 is 2.33 bits per heavy atom. The highest BCUT2D eigenvalue weighted by Crippen LogP contribution is 2.38. The Bertz CT molecular complexity index is 1140. The molecule has 0 radical (unpaired) electrons. The van der Waals surface area contributed by atoms with Crippen LogP contribution in [-0.2, 0) is 11.3 Å². The third-order valence-electron chi connectivity index (χ3n) is 4.92. The third kappa shape index (κ3) is 3.93. The topological polar surface area (TPSA) is 51.5 Å². The van der Waals surface area contributed by atoms with Crippen molar-refractivity contribution in [3.63, 3.8) is 0 Å². The van der Waals surface area contributed by atoms with Crippen LogP contribution in [0.5, 0.6) is 0 Å². The van der Waals surface area contributed by atoms with Gasteiger partial charge in [0.2, 0.25) is 0 Å². The zero-order valence-corrected chi connectivity index (χ0v) is 16.6. The van der Waals surface area contributed by atoms with Gasteiger partial charge in [-0.25, -0.2) is 13.6 Å². The molecule has 0 saturated carbocycles. The van der Waals surface area contributed by atoms with Gasteiger partial charge in [-0.15, -0.1) is 0 Å². The van der Waals surface area contributed by atoms with E-state index in [1.54, 1.807) is 36.5 Å². The number of cyclic esters (lactones) is 1. The fraction of sp³-hybridized carbons (Fsp3) is 0.182. The number of benzene rings is 2. The van der Waals surface area contributed by atoms with Gasteiger partial charge >= 0.3 is 6.09 Å². The number of halogens is 3. The van der Waals surface area contributed by atoms with Crippen molar-refractivity contribution in [1.29, 1.82) is 0 Å². The van der Waals surface area contributed by atoms with Crippen molar-refractivity contribution in [2.45, 2.75) is 25.6 Å². The number of hydrogen-bond donors (Lipinski definition) is 0. The molecule has 2 heterocycles. The van der Waals surface area contributed by atoms with Gasteiger partial charge in [0.05, 0.1) is 6.54 Å². The molecule has 1 aliphatic rings. The van der Waals surface area contributed by atoms with Gasteiger partial charge in [-0.3, -0.25) is 9.69 Å². The number of carbonyl (C=O) groups excluding carboxylic acids is 1. The smallest absolute Gasteiger partial charge is 0.415 e. The Balaban J connectivity index is 1.80. The standard InChI is InChI=1S/C22H17ClF2N2O3/c1-13-2-7-20(28)26(11-13)12-19-21(14-8-16(24)10-17(25)9-14)27(22(29)30-19)18-5-3-15(23)4-6-18/h2-11,19,21H,12H2,1H3/t19-,21-/m0/s1. The Hall–Kier alpha value is -3.19. The number of nitrogens with zero attached hydrogens (tertiary/aromatic N) is 2. The predicted octanol–water partition coefficient (Wildman–Crippen LogP) is 4.86. The van der Waals surface area contributed by atoms with Gasteiger partial charge < -0.3 is 9.30 Å². The fourth-order valence-corrected chi connectivity index (χ4v) is 3.76. The maximum absolute atomic E-state index is 14.0. The van der Waals surface area contributed by atoms with Crippen molar-refractivity contribution < 1.29 is 18.3 Å². The summed E-state index contributed by atoms with van der Waals surface area (Å²) in [4.78, 5) is 26.3. The number of rotatable bonds is 4. The molecule has 0 unspecified atom stereocenters. The average molecular weight is 431 g/mol. The molecule has 30 heavy (non-hydrogen) atoms. The third-order valence-corrected chi connectivity index (χ3v) is 5.17. The zero-order valence-electron chi connectivity index (χ0n) is 15.9. The molecule has 1 aliphatic heterocycles. The van der Waals surface area contributed by atoms with Crippen LogP contribution in [0.15, 0.2) is 65.6 Å². The van der Waals surface area contributed by atoms with Gasteiger partial charge in [-0.05, 0) is 54.4 Å². The quantitative estimate of drug-likeness (QED) is 0.594. The Morgan fingerprint density at radius 2 is 1.67 bits per heavy atom. The number of ether oxygens (including phenoxy) is 1. The van der Waals surface area contributed by atoms with E-state index < -0.39 is 29.9 Å². The molecular formula is C22H17ClF2N2O3. The van der Waals surface area contributed by atoms with Crippen LogP contribution in [0.1, 0.15) is 17.2 Å². The number of aromatic nitrogens is 1. The molecule has 5 nitrogen and oxygen atoms in total. The first-order chi connectivity index (χ1) is 14.3. The fourth-order valence-electron chi connectivity index (χ4n) is 3.63. The minimum absolute atomic E-state index is 0.0269. The van der Waals surface area contributed by atoms with E-state index in [0.717, 1.165) is 23.8 Å². The highest BCUT2D eigenvalue weighted by atomic mass is 35.5. The molecule has 0 bridgehead atoms. The van der Waals surface area contributed by atoms with Crippen LogP contribution in [0.2, 0.25) is 5.02 Å². The van der Waals surface area contributed by atoms with Crippen LogP contribution in [0.25, 0.3) is 0 Å². The molecule has 3 aromatic rings. The summed E-state index contributed by atoms with van der Waals surface area (Å²) in [7, 11) is 0. The van der Waals surface area contributed by atoms with Crippen molar-refractivity contribution in [1.82, 2.24) is 4.57 Å². The number of aryl methyl sites for hydroxylation is 1. The SMILES string of the molecule is Cc1ccc(=O)n(C[C@@H]2OC(=O)N(c3ccc(Cl)cc3)[C@H]2c2cc(F)cc(F)c2)c1. The Kier molecular flexibility index (Phi) is 5.30. The molecule has 8 heteroatoms. The summed E-state index contributed by atoms with van der Waals surface area (Å²) in [5.41, 5.74) is 1.25. The largest absolute Gasteiger partial charge is 0.441 e. The van der Waals surface area contributed by atoms with Crippen molar-refractivity contribution in [3.8, 4) is 0 Å². The van der Waals surface area contributed by atoms with Crippen molar-refractivity contribution in [2.24, 2.45) is 0 Å². The van der Waals surface area contributed by atoms with E-state index in [2.05, 4.69) is 0 Å². The van der Waals surface area contributed by atoms with Gasteiger partial charge in [0.25, 0.3) is 5.56 Å². The summed E-state index contributed by atoms with van der Waals surface area (Å²) in [5.74, 6) is -1.54. The number of amides is 1. The van der Waals surface area contributed by atoms with E-state index in [0.29, 0.717) is 10.7 Å². The van der Waals surface area contributed by atoms with Gasteiger partial charge in [0.15, 0.2) is 0 Å². The molecule has 0 aliphatic carbocycles. The lowest BCUT2D eigenvalue weighted by atomic mass is 9.99. The first-order valence-corrected chi connectivity index (χ1v) is 9.58. The second-order valence-electron chi connectivity index (χ2n) is 7.11. The molecule has 2 atom stereocenters. The molecule has 1 fully saturated rings. The molecule has 1 saturated heterocycles. The second-order valence-corrected chi connectivity index (χ2v) is 7.55. The monoisotopic (exact) mass is 430 g/mol. The van der Waals surface area contributed by atoms with Crippen LogP contribution in [0, 0.1) is 18.6 Å². The highest BCUT2D eigenvalue weighted by molar-refractivity contribution is 6.30. The maximum atomic E-state index is 14.0. The highest BCUT2D eigenvalue weighted by Gasteiger charge is 2.44. The number of carbonyl (C=O) groups is 1. The van der Waals surface area contributed by atoms with E-state index in [1.807, 2.05) is 6.92 Å². The molecular weight excluding hydrogens is 414 g/mol. The average Bonchev–Trinajstić information content (AvgIpc) is 3.00. The van der Waals surface area contributed by atoms with Crippen LogP contribution in [-0.4, -0.2) is 16.8 Å². The maximum Gasteiger partial charge on any atom is 0.415 e. The van der Waals surface area contributed by atoms with Gasteiger partial charge in [-0.1, -0.05) is 17.7 Å². The van der Waals surface area contributed by atoms with Gasteiger partial charge in [-0.2, -0.15) is 0 Å². The van der Waals surface area contributed by atoms with Crippen LogP contribution >= 0.6 is 11.6 Å². The number of pyridine rings is 1. The van der Waals surface area contributed by atoms with E-state index in [9.17, 15) is 18.4 Å². The Labute approximate surface area is 176 Å². The van der Waals surface area contributed by atoms with Crippen LogP contribution in [0.3, 0.4) is 0 Å². The summed E-state index contributed by atoms with van der Waals surface area (Å²) in [6.07, 6.45) is 0.108. The van der Waals surface area contributed by atoms with E-state index >= 15 is 0 Å². The van der Waals surface area contributed by atoms with E-state index in [-0.39, 0.29) is 17.7 Å². The molecule has 2 aromatic carbocycles. The van der Waals surface area contributed by atoms with E-state index in [1.165, 1.54) is 15.5 Å². The summed E-state index contributed by atoms with van der Waals surface area (Å²) in [6, 6.07) is 11.8. The molecule has 154 valence electrons. The van der Waals surface area contributed by atoms with Gasteiger partial charge in [0, 0.05) is 29.0 Å². The number of hydrogen-bond acceptors (Lipinski definition) is 3. The first kappa shape index (κ1) is 20.1. The second kappa shape index (κ2) is 7.91. The lowest BCUT2D eigenvalue weighted by Crippen LogP contribution is -2.33. The summed E-state index contributed by atoms with van der Waals surface area (Å²) in [5, 5.41) is 0.475.